The molecule has 2 aromatic rings. The number of benzene rings is 2. The maximum atomic E-state index is 12.7. The molecule has 0 radical (unpaired) electrons. The zero-order valence-electron chi connectivity index (χ0n) is 11.4. The molecule has 0 aliphatic carbocycles. The van der Waals surface area contributed by atoms with E-state index in [1.807, 2.05) is 30.3 Å². The summed E-state index contributed by atoms with van der Waals surface area (Å²) >= 11 is 0. The van der Waals surface area contributed by atoms with Crippen LogP contribution in [0.15, 0.2) is 54.6 Å². The monoisotopic (exact) mass is 295 g/mol. The highest BCUT2D eigenvalue weighted by atomic mass is 19.4. The fourth-order valence-corrected chi connectivity index (χ4v) is 1.89. The van der Waals surface area contributed by atoms with E-state index in [0.717, 1.165) is 11.6 Å². The van der Waals surface area contributed by atoms with Gasteiger partial charge in [-0.2, -0.15) is 13.2 Å². The molecule has 0 fully saturated rings. The summed E-state index contributed by atoms with van der Waals surface area (Å²) in [5.41, 5.74) is 0.376. The first-order chi connectivity index (χ1) is 10.1. The number of nitrogens with one attached hydrogen (secondary N) is 1. The van der Waals surface area contributed by atoms with Crippen LogP contribution in [0.3, 0.4) is 0 Å². The number of alkyl halides is 3. The summed E-state index contributed by atoms with van der Waals surface area (Å²) in [6.45, 7) is 1.31. The van der Waals surface area contributed by atoms with Gasteiger partial charge in [0.15, 0.2) is 0 Å². The topological polar surface area (TPSA) is 21.3 Å². The zero-order valence-corrected chi connectivity index (χ0v) is 11.4. The maximum absolute atomic E-state index is 12.7. The Balaban J connectivity index is 1.79. The molecule has 0 saturated carbocycles. The Morgan fingerprint density at radius 1 is 0.905 bits per heavy atom. The molecule has 0 bridgehead atoms. The molecule has 0 saturated heterocycles. The lowest BCUT2D eigenvalue weighted by Gasteiger charge is -2.13. The Morgan fingerprint density at radius 3 is 2.29 bits per heavy atom. The number of ether oxygens (including phenoxy) is 1. The van der Waals surface area contributed by atoms with Gasteiger partial charge in [-0.15, -0.1) is 0 Å². The Kier molecular flexibility index (Phi) is 5.22. The molecule has 0 spiro atoms. The van der Waals surface area contributed by atoms with Crippen molar-refractivity contribution in [2.45, 2.75) is 12.7 Å². The van der Waals surface area contributed by atoms with E-state index in [1.165, 1.54) is 18.2 Å². The summed E-state index contributed by atoms with van der Waals surface area (Å²) in [4.78, 5) is 0. The van der Waals surface area contributed by atoms with Crippen LogP contribution < -0.4 is 10.1 Å². The van der Waals surface area contributed by atoms with Gasteiger partial charge in [0, 0.05) is 13.1 Å². The summed E-state index contributed by atoms with van der Waals surface area (Å²) in [6.07, 6.45) is -4.39. The molecule has 0 aliphatic rings. The van der Waals surface area contributed by atoms with E-state index in [0.29, 0.717) is 13.1 Å². The molecule has 0 aliphatic heterocycles. The van der Waals surface area contributed by atoms with Crippen molar-refractivity contribution in [3.63, 3.8) is 0 Å². The summed E-state index contributed by atoms with van der Waals surface area (Å²) in [5, 5.41) is 3.12. The van der Waals surface area contributed by atoms with Crippen molar-refractivity contribution in [2.24, 2.45) is 0 Å². The molecule has 0 atom stereocenters. The standard InChI is InChI=1S/C16H16F3NO/c17-16(18,19)14-8-4-5-9-15(14)21-11-10-20-12-13-6-2-1-3-7-13/h1-9,20H,10-12H2. The van der Waals surface area contributed by atoms with E-state index in [9.17, 15) is 13.2 Å². The van der Waals surface area contributed by atoms with Gasteiger partial charge in [0.25, 0.3) is 0 Å². The van der Waals surface area contributed by atoms with Crippen LogP contribution in [0.4, 0.5) is 13.2 Å². The highest BCUT2D eigenvalue weighted by molar-refractivity contribution is 5.35. The Morgan fingerprint density at radius 2 is 1.57 bits per heavy atom. The lowest BCUT2D eigenvalue weighted by atomic mass is 10.2. The fourth-order valence-electron chi connectivity index (χ4n) is 1.89. The van der Waals surface area contributed by atoms with Crippen molar-refractivity contribution in [3.05, 3.63) is 65.7 Å². The highest BCUT2D eigenvalue weighted by Crippen LogP contribution is 2.35. The first-order valence-corrected chi connectivity index (χ1v) is 6.61. The second-order valence-electron chi connectivity index (χ2n) is 4.50. The molecule has 1 N–H and O–H groups in total. The Bertz CT molecular complexity index is 555. The largest absolute Gasteiger partial charge is 0.492 e. The third kappa shape index (κ3) is 4.79. The highest BCUT2D eigenvalue weighted by Gasteiger charge is 2.33. The average molecular weight is 295 g/mol. The molecule has 112 valence electrons. The molecular formula is C16H16F3NO. The quantitative estimate of drug-likeness (QED) is 0.817. The van der Waals surface area contributed by atoms with Crippen LogP contribution in [0, 0.1) is 0 Å². The minimum atomic E-state index is -4.39. The van der Waals surface area contributed by atoms with E-state index in [-0.39, 0.29) is 12.4 Å². The van der Waals surface area contributed by atoms with Crippen molar-refractivity contribution < 1.29 is 17.9 Å². The zero-order chi connectivity index (χ0) is 15.1. The van der Waals surface area contributed by atoms with Gasteiger partial charge >= 0.3 is 6.18 Å². The van der Waals surface area contributed by atoms with Gasteiger partial charge in [0.2, 0.25) is 0 Å². The molecular weight excluding hydrogens is 279 g/mol. The van der Waals surface area contributed by atoms with Crippen molar-refractivity contribution in [1.29, 1.82) is 0 Å². The summed E-state index contributed by atoms with van der Waals surface area (Å²) in [7, 11) is 0. The van der Waals surface area contributed by atoms with Gasteiger partial charge in [-0.1, -0.05) is 42.5 Å². The fraction of sp³-hybridized carbons (Fsp3) is 0.250. The third-order valence-electron chi connectivity index (χ3n) is 2.90. The van der Waals surface area contributed by atoms with E-state index >= 15 is 0 Å². The van der Waals surface area contributed by atoms with Gasteiger partial charge in [-0.05, 0) is 17.7 Å². The summed E-state index contributed by atoms with van der Waals surface area (Å²) < 4.78 is 43.5. The van der Waals surface area contributed by atoms with Gasteiger partial charge in [-0.25, -0.2) is 0 Å². The minimum absolute atomic E-state index is 0.133. The third-order valence-corrected chi connectivity index (χ3v) is 2.90. The predicted molar refractivity (Wildman–Crippen MR) is 75.1 cm³/mol. The van der Waals surface area contributed by atoms with Gasteiger partial charge in [0.1, 0.15) is 12.4 Å². The van der Waals surface area contributed by atoms with Crippen molar-refractivity contribution in [2.75, 3.05) is 13.2 Å². The van der Waals surface area contributed by atoms with E-state index < -0.39 is 11.7 Å². The number of rotatable bonds is 6. The summed E-state index contributed by atoms with van der Waals surface area (Å²) in [5.74, 6) is -0.133. The number of para-hydroxylation sites is 1. The average Bonchev–Trinajstić information content (AvgIpc) is 2.47. The van der Waals surface area contributed by atoms with E-state index in [2.05, 4.69) is 5.32 Å². The molecule has 0 amide bonds. The lowest BCUT2D eigenvalue weighted by molar-refractivity contribution is -0.138. The number of halogens is 3. The van der Waals surface area contributed by atoms with Crippen molar-refractivity contribution in [1.82, 2.24) is 5.32 Å². The summed E-state index contributed by atoms with van der Waals surface area (Å²) in [6, 6.07) is 15.0. The van der Waals surface area contributed by atoms with E-state index in [4.69, 9.17) is 4.74 Å². The van der Waals surface area contributed by atoms with Crippen LogP contribution >= 0.6 is 0 Å². The number of hydrogen-bond acceptors (Lipinski definition) is 2. The van der Waals surface area contributed by atoms with Crippen LogP contribution in [-0.2, 0) is 12.7 Å². The Hall–Kier alpha value is -2.01. The normalized spacial score (nSPS) is 11.4. The molecule has 0 unspecified atom stereocenters. The van der Waals surface area contributed by atoms with Gasteiger partial charge < -0.3 is 10.1 Å². The van der Waals surface area contributed by atoms with E-state index in [1.54, 1.807) is 0 Å². The molecule has 0 heterocycles. The maximum Gasteiger partial charge on any atom is 0.419 e. The predicted octanol–water partition coefficient (Wildman–Crippen LogP) is 3.87. The molecule has 2 rings (SSSR count). The lowest BCUT2D eigenvalue weighted by Crippen LogP contribution is -2.21. The molecule has 21 heavy (non-hydrogen) atoms. The minimum Gasteiger partial charge on any atom is -0.492 e. The second-order valence-corrected chi connectivity index (χ2v) is 4.50. The van der Waals surface area contributed by atoms with Crippen LogP contribution in [0.1, 0.15) is 11.1 Å². The van der Waals surface area contributed by atoms with Crippen LogP contribution in [0.2, 0.25) is 0 Å². The first kappa shape index (κ1) is 15.4. The molecule has 0 aromatic heterocycles. The van der Waals surface area contributed by atoms with Gasteiger partial charge in [-0.3, -0.25) is 0 Å². The molecule has 2 aromatic carbocycles. The molecule has 5 heteroatoms. The van der Waals surface area contributed by atoms with Crippen LogP contribution in [-0.4, -0.2) is 13.2 Å². The smallest absolute Gasteiger partial charge is 0.419 e. The number of hydrogen-bond donors (Lipinski definition) is 1. The van der Waals surface area contributed by atoms with Crippen molar-refractivity contribution in [3.8, 4) is 5.75 Å². The van der Waals surface area contributed by atoms with Crippen molar-refractivity contribution >= 4 is 0 Å². The second kappa shape index (κ2) is 7.13. The van der Waals surface area contributed by atoms with Crippen LogP contribution in [0.25, 0.3) is 0 Å². The SMILES string of the molecule is FC(F)(F)c1ccccc1OCCNCc1ccccc1. The molecule has 2 nitrogen and oxygen atoms in total. The Labute approximate surface area is 121 Å². The van der Waals surface area contributed by atoms with Gasteiger partial charge in [0.05, 0.1) is 5.56 Å². The van der Waals surface area contributed by atoms with Crippen LogP contribution in [0.5, 0.6) is 5.75 Å². The first-order valence-electron chi connectivity index (χ1n) is 6.61.